The van der Waals surface area contributed by atoms with Crippen molar-refractivity contribution < 1.29 is 30.5 Å². The third-order valence-corrected chi connectivity index (χ3v) is 4.22. The molecule has 0 aromatic rings. The molecule has 0 amide bonds. The second kappa shape index (κ2) is 4.08. The fourth-order valence-electron chi connectivity index (χ4n) is 2.45. The summed E-state index contributed by atoms with van der Waals surface area (Å²) in [5.41, 5.74) is 0. The van der Waals surface area contributed by atoms with Crippen molar-refractivity contribution in [2.45, 2.75) is 37.9 Å². The summed E-state index contributed by atoms with van der Waals surface area (Å²) in [5, 5.41) is -5.44. The average Bonchev–Trinajstić information content (AvgIpc) is 2.43. The zero-order valence-electron chi connectivity index (χ0n) is 9.33. The van der Waals surface area contributed by atoms with Gasteiger partial charge in [-0.1, -0.05) is 13.8 Å². The highest BCUT2D eigenvalue weighted by atomic mass is 32.2. The van der Waals surface area contributed by atoms with E-state index >= 15 is 0 Å². The second-order valence-electron chi connectivity index (χ2n) is 4.78. The van der Waals surface area contributed by atoms with Crippen molar-refractivity contribution in [1.82, 2.24) is 0 Å². The summed E-state index contributed by atoms with van der Waals surface area (Å²) in [4.78, 5) is 0. The first kappa shape index (κ1) is 14.7. The molecule has 3 atom stereocenters. The molecule has 0 bridgehead atoms. The Balaban J connectivity index is 3.11. The lowest BCUT2D eigenvalue weighted by Crippen LogP contribution is -2.52. The van der Waals surface area contributed by atoms with E-state index in [1.165, 1.54) is 6.92 Å². The minimum atomic E-state index is -6.12. The van der Waals surface area contributed by atoms with E-state index in [9.17, 15) is 26.0 Å². The molecular formula is C9H14F4O3S. The van der Waals surface area contributed by atoms with Crippen molar-refractivity contribution in [2.24, 2.45) is 17.8 Å². The maximum absolute atomic E-state index is 13.5. The first-order valence-electron chi connectivity index (χ1n) is 5.14. The molecule has 0 aromatic heterocycles. The van der Waals surface area contributed by atoms with Crippen LogP contribution in [0.4, 0.5) is 17.6 Å². The Bertz CT molecular complexity index is 393. The standard InChI is InChI=1S/C9H14F4O3S/c1-5-3-6(2)7(4-5)8(10,11)9(12,13)17(14,15)16/h5-7H,3-4H2,1-2H3,(H,14,15,16)/t5?,6?,7-/m0/s1. The molecule has 8 heteroatoms. The van der Waals surface area contributed by atoms with Crippen LogP contribution in [0, 0.1) is 17.8 Å². The van der Waals surface area contributed by atoms with Crippen molar-refractivity contribution in [3.05, 3.63) is 0 Å². The minimum Gasteiger partial charge on any atom is -0.281 e. The van der Waals surface area contributed by atoms with E-state index in [1.807, 2.05) is 0 Å². The Hall–Kier alpha value is -0.370. The number of hydrogen-bond donors (Lipinski definition) is 1. The van der Waals surface area contributed by atoms with Crippen molar-refractivity contribution in [3.63, 3.8) is 0 Å². The van der Waals surface area contributed by atoms with Gasteiger partial charge in [-0.25, -0.2) is 0 Å². The number of rotatable bonds is 3. The van der Waals surface area contributed by atoms with Gasteiger partial charge in [-0.2, -0.15) is 26.0 Å². The highest BCUT2D eigenvalue weighted by molar-refractivity contribution is 7.87. The third kappa shape index (κ3) is 2.29. The van der Waals surface area contributed by atoms with Crippen LogP contribution in [0.5, 0.6) is 0 Å². The number of hydrogen-bond acceptors (Lipinski definition) is 2. The minimum absolute atomic E-state index is 0.168. The van der Waals surface area contributed by atoms with E-state index in [1.54, 1.807) is 6.92 Å². The van der Waals surface area contributed by atoms with Gasteiger partial charge in [0.2, 0.25) is 0 Å². The van der Waals surface area contributed by atoms with Gasteiger partial charge in [0.05, 0.1) is 0 Å². The predicted octanol–water partition coefficient (Wildman–Crippen LogP) is 2.78. The third-order valence-electron chi connectivity index (χ3n) is 3.30. The number of halogens is 4. The van der Waals surface area contributed by atoms with Crippen LogP contribution in [0.3, 0.4) is 0 Å². The molecular weight excluding hydrogens is 264 g/mol. The summed E-state index contributed by atoms with van der Waals surface area (Å²) in [6, 6.07) is 0. The highest BCUT2D eigenvalue weighted by Gasteiger charge is 2.70. The maximum atomic E-state index is 13.5. The summed E-state index contributed by atoms with van der Waals surface area (Å²) in [6.45, 7) is 3.01. The van der Waals surface area contributed by atoms with Crippen molar-refractivity contribution in [3.8, 4) is 0 Å². The van der Waals surface area contributed by atoms with Gasteiger partial charge in [-0.05, 0) is 24.7 Å². The van der Waals surface area contributed by atoms with Crippen molar-refractivity contribution in [2.75, 3.05) is 0 Å². The van der Waals surface area contributed by atoms with Gasteiger partial charge in [-0.3, -0.25) is 4.55 Å². The highest BCUT2D eigenvalue weighted by Crippen LogP contribution is 2.52. The van der Waals surface area contributed by atoms with Gasteiger partial charge in [0.15, 0.2) is 0 Å². The van der Waals surface area contributed by atoms with E-state index in [2.05, 4.69) is 0 Å². The van der Waals surface area contributed by atoms with Gasteiger partial charge in [0.25, 0.3) is 0 Å². The fraction of sp³-hybridized carbons (Fsp3) is 1.00. The lowest BCUT2D eigenvalue weighted by molar-refractivity contribution is -0.199. The largest absolute Gasteiger partial charge is 0.431 e. The second-order valence-corrected chi connectivity index (χ2v) is 6.24. The predicted molar refractivity (Wildman–Crippen MR) is 52.5 cm³/mol. The smallest absolute Gasteiger partial charge is 0.281 e. The lowest BCUT2D eigenvalue weighted by Gasteiger charge is -2.31. The Labute approximate surface area is 96.9 Å². The molecule has 3 nitrogen and oxygen atoms in total. The van der Waals surface area contributed by atoms with Crippen LogP contribution in [0.2, 0.25) is 0 Å². The molecule has 1 N–H and O–H groups in total. The molecule has 0 aromatic carbocycles. The molecule has 0 saturated heterocycles. The zero-order valence-corrected chi connectivity index (χ0v) is 10.1. The fourth-order valence-corrected chi connectivity index (χ4v) is 2.95. The molecule has 0 spiro atoms. The zero-order chi connectivity index (χ0) is 13.6. The first-order valence-corrected chi connectivity index (χ1v) is 6.58. The monoisotopic (exact) mass is 278 g/mol. The Morgan fingerprint density at radius 2 is 1.59 bits per heavy atom. The molecule has 1 rings (SSSR count). The summed E-state index contributed by atoms with van der Waals surface area (Å²) in [7, 11) is -6.12. The number of alkyl halides is 4. The molecule has 1 saturated carbocycles. The van der Waals surface area contributed by atoms with Gasteiger partial charge in [0.1, 0.15) is 0 Å². The van der Waals surface area contributed by atoms with Crippen molar-refractivity contribution >= 4 is 10.1 Å². The topological polar surface area (TPSA) is 54.4 Å². The average molecular weight is 278 g/mol. The Morgan fingerprint density at radius 3 is 1.88 bits per heavy atom. The van der Waals surface area contributed by atoms with E-state index in [0.29, 0.717) is 6.42 Å². The summed E-state index contributed by atoms with van der Waals surface area (Å²) < 4.78 is 82.2. The molecule has 1 aliphatic rings. The quantitative estimate of drug-likeness (QED) is 0.638. The summed E-state index contributed by atoms with van der Waals surface area (Å²) in [6.07, 6.45) is 0.154. The first-order chi connectivity index (χ1) is 7.41. The molecule has 0 radical (unpaired) electrons. The molecule has 0 heterocycles. The molecule has 1 fully saturated rings. The van der Waals surface area contributed by atoms with Crippen LogP contribution < -0.4 is 0 Å². The molecule has 102 valence electrons. The van der Waals surface area contributed by atoms with Crippen LogP contribution in [-0.2, 0) is 10.1 Å². The Kier molecular flexibility index (Phi) is 3.53. The Morgan fingerprint density at radius 1 is 1.12 bits per heavy atom. The van der Waals surface area contributed by atoms with Crippen molar-refractivity contribution in [1.29, 1.82) is 0 Å². The van der Waals surface area contributed by atoms with Crippen LogP contribution in [0.15, 0.2) is 0 Å². The molecule has 17 heavy (non-hydrogen) atoms. The van der Waals surface area contributed by atoms with Crippen LogP contribution in [0.25, 0.3) is 0 Å². The van der Waals surface area contributed by atoms with E-state index in [-0.39, 0.29) is 12.3 Å². The van der Waals surface area contributed by atoms with Crippen LogP contribution >= 0.6 is 0 Å². The molecule has 0 aliphatic heterocycles. The maximum Gasteiger partial charge on any atom is 0.431 e. The summed E-state index contributed by atoms with van der Waals surface area (Å²) in [5.74, 6) is -7.38. The molecule has 1 aliphatic carbocycles. The SMILES string of the molecule is CC1CC(C)[C@@H](C(F)(F)C(F)(F)S(=O)(=O)O)C1. The van der Waals surface area contributed by atoms with Crippen LogP contribution in [-0.4, -0.2) is 24.1 Å². The van der Waals surface area contributed by atoms with Crippen LogP contribution in [0.1, 0.15) is 26.7 Å². The van der Waals surface area contributed by atoms with Gasteiger partial charge >= 0.3 is 21.3 Å². The van der Waals surface area contributed by atoms with E-state index in [0.717, 1.165) is 0 Å². The lowest BCUT2D eigenvalue weighted by atomic mass is 9.91. The van der Waals surface area contributed by atoms with Gasteiger partial charge in [0, 0.05) is 5.92 Å². The van der Waals surface area contributed by atoms with E-state index in [4.69, 9.17) is 4.55 Å². The van der Waals surface area contributed by atoms with E-state index < -0.39 is 33.1 Å². The van der Waals surface area contributed by atoms with Gasteiger partial charge < -0.3 is 0 Å². The van der Waals surface area contributed by atoms with Gasteiger partial charge in [-0.15, -0.1) is 0 Å². The summed E-state index contributed by atoms with van der Waals surface area (Å²) >= 11 is 0. The molecule has 2 unspecified atom stereocenters. The normalized spacial score (nSPS) is 31.8.